The van der Waals surface area contributed by atoms with E-state index in [9.17, 15) is 0 Å². The van der Waals surface area contributed by atoms with Crippen LogP contribution >= 0.6 is 22.7 Å². The average molecular weight is 821 g/mol. The summed E-state index contributed by atoms with van der Waals surface area (Å²) < 4.78 is 0. The molecule has 0 nitrogen and oxygen atoms in total. The summed E-state index contributed by atoms with van der Waals surface area (Å²) in [5.41, 5.74) is 10.8. The third-order valence-corrected chi connectivity index (χ3v) is 11.3. The number of aryl methyl sites for hydroxylation is 4. The molecule has 0 N–H and O–H groups in total. The molecule has 8 rings (SSSR count). The maximum Gasteiger partial charge on any atom is 4.00 e. The molecule has 0 unspecified atom stereocenters. The third-order valence-electron chi connectivity index (χ3n) is 9.16. The molecule has 256 valence electrons. The van der Waals surface area contributed by atoms with Gasteiger partial charge in [0.2, 0.25) is 0 Å². The normalized spacial score (nSPS) is 10.6. The first-order valence-corrected chi connectivity index (χ1v) is 18.8. The van der Waals surface area contributed by atoms with Gasteiger partial charge in [0, 0.05) is 0 Å². The number of thiophene rings is 2. The Labute approximate surface area is 343 Å². The second kappa shape index (κ2) is 18.6. The minimum absolute atomic E-state index is 0. The smallest absolute Gasteiger partial charge is 1.00 e. The van der Waals surface area contributed by atoms with Gasteiger partial charge in [-0.15, -0.1) is 69.1 Å². The fraction of sp³-hybridized carbons (Fsp3) is 0.174. The summed E-state index contributed by atoms with van der Waals surface area (Å²) in [6.07, 6.45) is 4.70. The van der Waals surface area contributed by atoms with E-state index in [1.54, 1.807) is 0 Å². The van der Waals surface area contributed by atoms with Crippen LogP contribution < -0.4 is 24.8 Å². The van der Waals surface area contributed by atoms with Gasteiger partial charge in [-0.25, -0.2) is 0 Å². The summed E-state index contributed by atoms with van der Waals surface area (Å²) in [7, 11) is 0. The van der Waals surface area contributed by atoms with Crippen molar-refractivity contribution in [2.24, 2.45) is 0 Å². The first-order chi connectivity index (χ1) is 23.5. The van der Waals surface area contributed by atoms with Crippen LogP contribution in [0.5, 0.6) is 0 Å². The van der Waals surface area contributed by atoms with Crippen molar-refractivity contribution >= 4 is 44.2 Å². The number of fused-ring (bicyclic) bond motifs is 2. The second-order valence-corrected chi connectivity index (χ2v) is 15.4. The number of hydrogen-bond donors (Lipinski definition) is 0. The molecule has 8 aromatic rings. The van der Waals surface area contributed by atoms with Crippen molar-refractivity contribution in [1.29, 1.82) is 0 Å². The summed E-state index contributed by atoms with van der Waals surface area (Å²) >= 11 is 3.73. The SMILES string of the molecule is CCCc1ccc(-c2cccc3[cH-]c(-c4ccc(C)s4)cc23)cc1.CCCc1ccc(-c2cccc3[cH-]c(-c4ccc(C)s4)cc23)cc1.[Cl-].[Cl-].[Zr+4]. The molecule has 0 aliphatic carbocycles. The largest absolute Gasteiger partial charge is 4.00 e. The van der Waals surface area contributed by atoms with Crippen LogP contribution in [-0.2, 0) is 39.0 Å². The summed E-state index contributed by atoms with van der Waals surface area (Å²) in [6.45, 7) is 8.79. The fourth-order valence-corrected chi connectivity index (χ4v) is 8.43. The zero-order valence-corrected chi connectivity index (χ0v) is 35.2. The van der Waals surface area contributed by atoms with Gasteiger partial charge in [0.05, 0.1) is 0 Å². The van der Waals surface area contributed by atoms with E-state index in [4.69, 9.17) is 0 Å². The van der Waals surface area contributed by atoms with E-state index in [-0.39, 0.29) is 51.0 Å². The van der Waals surface area contributed by atoms with Gasteiger partial charge in [-0.05, 0) is 68.5 Å². The predicted octanol–water partition coefficient (Wildman–Crippen LogP) is 8.44. The van der Waals surface area contributed by atoms with Crippen molar-refractivity contribution in [1.82, 2.24) is 0 Å². The summed E-state index contributed by atoms with van der Waals surface area (Å²) in [5, 5.41) is 5.35. The Bertz CT molecular complexity index is 2120. The Balaban J connectivity index is 0.000000216. The van der Waals surface area contributed by atoms with E-state index in [0.717, 1.165) is 12.8 Å². The topological polar surface area (TPSA) is 0 Å². The molecule has 0 radical (unpaired) electrons. The van der Waals surface area contributed by atoms with Crippen LogP contribution in [0, 0.1) is 13.8 Å². The van der Waals surface area contributed by atoms with Gasteiger partial charge in [-0.3, -0.25) is 0 Å². The van der Waals surface area contributed by atoms with Crippen LogP contribution in [0.15, 0.2) is 133 Å². The van der Waals surface area contributed by atoms with Crippen LogP contribution in [0.25, 0.3) is 64.7 Å². The van der Waals surface area contributed by atoms with Crippen molar-refractivity contribution in [3.05, 3.63) is 154 Å². The quantitative estimate of drug-likeness (QED) is 0.135. The molecule has 51 heavy (non-hydrogen) atoms. The molecular formula is C46H42Cl2S2Zr. The second-order valence-electron chi connectivity index (χ2n) is 12.8. The molecule has 0 bridgehead atoms. The molecule has 0 amide bonds. The van der Waals surface area contributed by atoms with E-state index in [1.165, 1.54) is 98.4 Å². The molecular weight excluding hydrogens is 779 g/mol. The van der Waals surface area contributed by atoms with Crippen molar-refractivity contribution in [2.45, 2.75) is 53.4 Å². The Morgan fingerprint density at radius 1 is 0.490 bits per heavy atom. The van der Waals surface area contributed by atoms with Gasteiger partial charge >= 0.3 is 26.2 Å². The molecule has 2 heterocycles. The molecule has 0 saturated heterocycles. The van der Waals surface area contributed by atoms with Crippen LogP contribution in [-0.4, -0.2) is 0 Å². The van der Waals surface area contributed by atoms with E-state index in [2.05, 4.69) is 161 Å². The Hall–Kier alpha value is -3.04. The maximum absolute atomic E-state index is 2.34. The van der Waals surface area contributed by atoms with E-state index >= 15 is 0 Å². The zero-order chi connectivity index (χ0) is 33.0. The van der Waals surface area contributed by atoms with Gasteiger partial charge in [-0.1, -0.05) is 135 Å². The molecule has 0 spiro atoms. The number of rotatable bonds is 8. The van der Waals surface area contributed by atoms with Gasteiger partial charge < -0.3 is 24.8 Å². The van der Waals surface area contributed by atoms with E-state index in [0.29, 0.717) is 0 Å². The van der Waals surface area contributed by atoms with Gasteiger partial charge in [0.25, 0.3) is 0 Å². The van der Waals surface area contributed by atoms with Crippen LogP contribution in [0.3, 0.4) is 0 Å². The molecule has 5 heteroatoms. The van der Waals surface area contributed by atoms with Gasteiger partial charge in [0.1, 0.15) is 0 Å². The van der Waals surface area contributed by atoms with Gasteiger partial charge in [0.15, 0.2) is 0 Å². The standard InChI is InChI=1S/2C23H21S.2ClH.Zr/c2*1-3-5-17-9-11-18(12-10-17)21-7-4-6-19-14-20(15-22(19)21)23-13-8-16(2)24-23;;;/h2*4,6-15H,3,5H2,1-2H3;2*1H;/q2*-1;;;+4/p-2. The fourth-order valence-electron chi connectivity index (χ4n) is 6.72. The number of halogens is 2. The Kier molecular flexibility index (Phi) is 14.9. The minimum atomic E-state index is 0. The first-order valence-electron chi connectivity index (χ1n) is 17.2. The molecule has 0 fully saturated rings. The molecule has 0 saturated carbocycles. The summed E-state index contributed by atoms with van der Waals surface area (Å²) in [5.74, 6) is 0. The molecule has 0 atom stereocenters. The molecule has 0 aliphatic heterocycles. The number of benzene rings is 4. The Morgan fingerprint density at radius 3 is 1.22 bits per heavy atom. The van der Waals surface area contributed by atoms with Crippen LogP contribution in [0.4, 0.5) is 0 Å². The minimum Gasteiger partial charge on any atom is -1.00 e. The van der Waals surface area contributed by atoms with E-state index in [1.807, 2.05) is 22.7 Å². The molecule has 6 aromatic carbocycles. The average Bonchev–Trinajstić information content (AvgIpc) is 3.92. The summed E-state index contributed by atoms with van der Waals surface area (Å²) in [4.78, 5) is 5.44. The third kappa shape index (κ3) is 9.31. The molecule has 0 aliphatic rings. The van der Waals surface area contributed by atoms with Crippen molar-refractivity contribution in [2.75, 3.05) is 0 Å². The molecule has 2 aromatic heterocycles. The monoisotopic (exact) mass is 818 g/mol. The maximum atomic E-state index is 2.34. The van der Waals surface area contributed by atoms with Crippen molar-refractivity contribution < 1.29 is 51.0 Å². The summed E-state index contributed by atoms with van der Waals surface area (Å²) in [6, 6.07) is 49.6. The zero-order valence-electron chi connectivity index (χ0n) is 29.6. The van der Waals surface area contributed by atoms with Gasteiger partial charge in [-0.2, -0.15) is 22.7 Å². The van der Waals surface area contributed by atoms with Crippen molar-refractivity contribution in [3.63, 3.8) is 0 Å². The van der Waals surface area contributed by atoms with E-state index < -0.39 is 0 Å². The Morgan fingerprint density at radius 2 is 0.882 bits per heavy atom. The van der Waals surface area contributed by atoms with Crippen LogP contribution in [0.2, 0.25) is 0 Å². The van der Waals surface area contributed by atoms with Crippen LogP contribution in [0.1, 0.15) is 47.6 Å². The van der Waals surface area contributed by atoms with Crippen molar-refractivity contribution in [3.8, 4) is 43.1 Å². The first kappa shape index (κ1) is 40.7. The number of hydrogen-bond acceptors (Lipinski definition) is 2. The predicted molar refractivity (Wildman–Crippen MR) is 214 cm³/mol.